The summed E-state index contributed by atoms with van der Waals surface area (Å²) in [7, 11) is 0. The number of rotatable bonds is 11. The molecule has 0 amide bonds. The lowest BCUT2D eigenvalue weighted by Gasteiger charge is -2.26. The highest BCUT2D eigenvalue weighted by molar-refractivity contribution is 5.81. The summed E-state index contributed by atoms with van der Waals surface area (Å²) in [6.07, 6.45) is 6.21. The quantitative estimate of drug-likeness (QED) is 0.352. The van der Waals surface area contributed by atoms with Gasteiger partial charge in [0.15, 0.2) is 0 Å². The van der Waals surface area contributed by atoms with E-state index in [9.17, 15) is 4.79 Å². The average Bonchev–Trinajstić information content (AvgIpc) is 2.36. The van der Waals surface area contributed by atoms with Crippen molar-refractivity contribution in [3.63, 3.8) is 0 Å². The van der Waals surface area contributed by atoms with Crippen LogP contribution in [0, 0.1) is 29.6 Å². The molecule has 0 aromatic rings. The van der Waals surface area contributed by atoms with Gasteiger partial charge in [0.25, 0.3) is 0 Å². The topological polar surface area (TPSA) is 26.3 Å². The molecule has 0 N–H and O–H groups in total. The zero-order chi connectivity index (χ0) is 17.3. The van der Waals surface area contributed by atoms with Crippen molar-refractivity contribution in [2.75, 3.05) is 0 Å². The van der Waals surface area contributed by atoms with E-state index in [1.165, 1.54) is 25.3 Å². The fourth-order valence-corrected chi connectivity index (χ4v) is 3.64. The Morgan fingerprint density at radius 3 is 1.77 bits per heavy atom. The lowest BCUT2D eigenvalue weighted by molar-refractivity contribution is -0.144. The summed E-state index contributed by atoms with van der Waals surface area (Å²) in [6.45, 7) is 19.3. The minimum absolute atomic E-state index is 0.0388. The summed E-state index contributed by atoms with van der Waals surface area (Å²) in [6, 6.07) is 0. The Kier molecular flexibility index (Phi) is 10.5. The Balaban J connectivity index is 4.12. The number of carbonyl (C=O) groups is 1. The van der Waals surface area contributed by atoms with Gasteiger partial charge >= 0.3 is 5.97 Å². The number of esters is 1. The van der Waals surface area contributed by atoms with Crippen molar-refractivity contribution >= 4 is 5.97 Å². The van der Waals surface area contributed by atoms with Crippen molar-refractivity contribution in [2.45, 2.75) is 80.3 Å². The van der Waals surface area contributed by atoms with Crippen LogP contribution in [0.5, 0.6) is 0 Å². The van der Waals surface area contributed by atoms with Gasteiger partial charge < -0.3 is 4.74 Å². The van der Waals surface area contributed by atoms with Crippen LogP contribution in [0.15, 0.2) is 12.7 Å². The van der Waals surface area contributed by atoms with Gasteiger partial charge in [-0.2, -0.15) is 0 Å². The van der Waals surface area contributed by atoms with Crippen LogP contribution in [-0.4, -0.2) is 12.1 Å². The van der Waals surface area contributed by atoms with Gasteiger partial charge in [-0.1, -0.05) is 48.1 Å². The fourth-order valence-electron chi connectivity index (χ4n) is 3.64. The van der Waals surface area contributed by atoms with Gasteiger partial charge in [0, 0.05) is 6.08 Å². The molecule has 0 spiro atoms. The second-order valence-electron chi connectivity index (χ2n) is 7.98. The van der Waals surface area contributed by atoms with Crippen molar-refractivity contribution in [1.29, 1.82) is 0 Å². The van der Waals surface area contributed by atoms with Crippen molar-refractivity contribution < 1.29 is 9.53 Å². The molecule has 0 saturated heterocycles. The molecule has 2 heteroatoms. The van der Waals surface area contributed by atoms with Crippen LogP contribution in [0.4, 0.5) is 0 Å². The van der Waals surface area contributed by atoms with Gasteiger partial charge in [0.2, 0.25) is 0 Å². The van der Waals surface area contributed by atoms with E-state index in [4.69, 9.17) is 4.74 Å². The normalized spacial score (nSPS) is 18.4. The average molecular weight is 311 g/mol. The predicted octanol–water partition coefficient (Wildman–Crippen LogP) is 5.86. The second kappa shape index (κ2) is 10.9. The van der Waals surface area contributed by atoms with Gasteiger partial charge in [-0.05, 0) is 62.2 Å². The van der Waals surface area contributed by atoms with Gasteiger partial charge in [0.1, 0.15) is 6.10 Å². The largest absolute Gasteiger partial charge is 0.459 e. The highest BCUT2D eigenvalue weighted by atomic mass is 16.5. The molecule has 0 aromatic heterocycles. The molecular formula is C20H38O2. The Hall–Kier alpha value is -0.790. The van der Waals surface area contributed by atoms with E-state index in [-0.39, 0.29) is 12.1 Å². The van der Waals surface area contributed by atoms with Crippen LogP contribution in [-0.2, 0) is 9.53 Å². The molecule has 0 aliphatic carbocycles. The molecule has 0 fully saturated rings. The van der Waals surface area contributed by atoms with E-state index in [2.05, 4.69) is 48.1 Å². The van der Waals surface area contributed by atoms with Gasteiger partial charge in [-0.15, -0.1) is 0 Å². The maximum absolute atomic E-state index is 11.3. The molecule has 22 heavy (non-hydrogen) atoms. The third-order valence-corrected chi connectivity index (χ3v) is 4.53. The van der Waals surface area contributed by atoms with Gasteiger partial charge in [0.05, 0.1) is 0 Å². The molecule has 130 valence electrons. The lowest BCUT2D eigenvalue weighted by Crippen LogP contribution is -2.23. The molecule has 0 bridgehead atoms. The Bertz CT molecular complexity index is 322. The summed E-state index contributed by atoms with van der Waals surface area (Å²) in [5.41, 5.74) is 0. The van der Waals surface area contributed by atoms with Crippen LogP contribution < -0.4 is 0 Å². The van der Waals surface area contributed by atoms with Crippen molar-refractivity contribution in [2.24, 2.45) is 29.6 Å². The maximum Gasteiger partial charge on any atom is 0.330 e. The standard InChI is InChI=1S/C20H38O2/c1-9-20(21)22-19(8)18(7)13-17(6)12-16(5)11-15(4)10-14(2)3/h9,14-19H,1,10-13H2,2-8H3/t15?,16?,17?,18?,19-/m0/s1. The molecule has 4 unspecified atom stereocenters. The zero-order valence-electron chi connectivity index (χ0n) is 15.9. The van der Waals surface area contributed by atoms with E-state index in [0.717, 1.165) is 24.2 Å². The minimum Gasteiger partial charge on any atom is -0.459 e. The second-order valence-corrected chi connectivity index (χ2v) is 7.98. The Labute approximate surface area is 138 Å². The molecule has 0 aliphatic heterocycles. The fraction of sp³-hybridized carbons (Fsp3) is 0.850. The molecule has 0 aliphatic rings. The molecule has 0 radical (unpaired) electrons. The van der Waals surface area contributed by atoms with Crippen LogP contribution in [0.25, 0.3) is 0 Å². The lowest BCUT2D eigenvalue weighted by atomic mass is 9.83. The first kappa shape index (κ1) is 21.2. The molecule has 0 heterocycles. The van der Waals surface area contributed by atoms with Crippen molar-refractivity contribution in [1.82, 2.24) is 0 Å². The predicted molar refractivity (Wildman–Crippen MR) is 95.7 cm³/mol. The zero-order valence-corrected chi connectivity index (χ0v) is 15.9. The molecule has 0 rings (SSSR count). The van der Waals surface area contributed by atoms with Crippen LogP contribution in [0.3, 0.4) is 0 Å². The Morgan fingerprint density at radius 1 is 0.864 bits per heavy atom. The first-order valence-electron chi connectivity index (χ1n) is 8.98. The number of ether oxygens (including phenoxy) is 1. The molecule has 0 saturated carbocycles. The minimum atomic E-state index is -0.317. The number of carbonyl (C=O) groups excluding carboxylic acids is 1. The SMILES string of the molecule is C=CC(=O)O[C@@H](C)C(C)CC(C)CC(C)CC(C)CC(C)C. The summed E-state index contributed by atoms with van der Waals surface area (Å²) >= 11 is 0. The highest BCUT2D eigenvalue weighted by Gasteiger charge is 2.20. The monoisotopic (exact) mass is 310 g/mol. The molecular weight excluding hydrogens is 272 g/mol. The van der Waals surface area contributed by atoms with E-state index in [0.29, 0.717) is 11.8 Å². The van der Waals surface area contributed by atoms with E-state index < -0.39 is 0 Å². The summed E-state index contributed by atoms with van der Waals surface area (Å²) in [5, 5.41) is 0. The smallest absolute Gasteiger partial charge is 0.330 e. The number of hydrogen-bond acceptors (Lipinski definition) is 2. The van der Waals surface area contributed by atoms with Gasteiger partial charge in [-0.25, -0.2) is 4.79 Å². The molecule has 0 aromatic carbocycles. The summed E-state index contributed by atoms with van der Waals surface area (Å²) in [4.78, 5) is 11.3. The third-order valence-electron chi connectivity index (χ3n) is 4.53. The van der Waals surface area contributed by atoms with Crippen LogP contribution in [0.2, 0.25) is 0 Å². The first-order valence-corrected chi connectivity index (χ1v) is 8.98. The van der Waals surface area contributed by atoms with E-state index in [1.54, 1.807) is 0 Å². The third kappa shape index (κ3) is 10.0. The van der Waals surface area contributed by atoms with Gasteiger partial charge in [-0.3, -0.25) is 0 Å². The number of hydrogen-bond donors (Lipinski definition) is 0. The highest BCUT2D eigenvalue weighted by Crippen LogP contribution is 2.27. The van der Waals surface area contributed by atoms with Crippen molar-refractivity contribution in [3.8, 4) is 0 Å². The maximum atomic E-state index is 11.3. The van der Waals surface area contributed by atoms with E-state index in [1.807, 2.05) is 6.92 Å². The summed E-state index contributed by atoms with van der Waals surface area (Å²) in [5.74, 6) is 3.11. The molecule has 5 atom stereocenters. The first-order chi connectivity index (χ1) is 10.1. The van der Waals surface area contributed by atoms with Crippen molar-refractivity contribution in [3.05, 3.63) is 12.7 Å². The van der Waals surface area contributed by atoms with E-state index >= 15 is 0 Å². The Morgan fingerprint density at radius 2 is 1.32 bits per heavy atom. The van der Waals surface area contributed by atoms with Crippen LogP contribution in [0.1, 0.15) is 74.1 Å². The van der Waals surface area contributed by atoms with Crippen LogP contribution >= 0.6 is 0 Å². The molecule has 2 nitrogen and oxygen atoms in total. The summed E-state index contributed by atoms with van der Waals surface area (Å²) < 4.78 is 5.32.